The number of nitrogens with one attached hydrogen (secondary N) is 2. The summed E-state index contributed by atoms with van der Waals surface area (Å²) in [7, 11) is 0. The lowest BCUT2D eigenvalue weighted by Crippen LogP contribution is -2.13. The van der Waals surface area contributed by atoms with Gasteiger partial charge in [-0.2, -0.15) is 0 Å². The van der Waals surface area contributed by atoms with E-state index in [0.717, 1.165) is 16.8 Å². The molecule has 4 rings (SSSR count). The van der Waals surface area contributed by atoms with Crippen LogP contribution in [-0.4, -0.2) is 15.9 Å². The van der Waals surface area contributed by atoms with Crippen LogP contribution in [0.2, 0.25) is 10.0 Å². The minimum Gasteiger partial charge on any atom is -0.397 e. The summed E-state index contributed by atoms with van der Waals surface area (Å²) in [6.07, 6.45) is 1.81. The van der Waals surface area contributed by atoms with Gasteiger partial charge >= 0.3 is 0 Å². The summed E-state index contributed by atoms with van der Waals surface area (Å²) >= 11 is 12.2. The number of nitrogens with zero attached hydrogens (tertiary/aromatic N) is 1. The second-order valence-corrected chi connectivity index (χ2v) is 7.22. The van der Waals surface area contributed by atoms with E-state index >= 15 is 0 Å². The summed E-state index contributed by atoms with van der Waals surface area (Å²) in [5.41, 5.74) is 9.76. The highest BCUT2D eigenvalue weighted by Crippen LogP contribution is 2.28. The molecule has 0 fully saturated rings. The quantitative estimate of drug-likeness (QED) is 0.358. The van der Waals surface area contributed by atoms with Gasteiger partial charge in [-0.3, -0.25) is 4.79 Å². The molecule has 0 aliphatic carbocycles. The van der Waals surface area contributed by atoms with E-state index in [1.54, 1.807) is 36.5 Å². The van der Waals surface area contributed by atoms with Crippen LogP contribution in [0.1, 0.15) is 10.4 Å². The number of carbonyl (C=O) groups is 1. The smallest absolute Gasteiger partial charge is 0.255 e. The molecule has 4 aromatic rings. The van der Waals surface area contributed by atoms with E-state index in [4.69, 9.17) is 28.9 Å². The molecule has 0 saturated carbocycles. The van der Waals surface area contributed by atoms with E-state index in [9.17, 15) is 4.79 Å². The number of aromatic nitrogens is 2. The topological polar surface area (TPSA) is 83.8 Å². The lowest BCUT2D eigenvalue weighted by atomic mass is 10.1. The number of hydrogen-bond acceptors (Lipinski definition) is 3. The molecule has 0 radical (unpaired) electrons. The largest absolute Gasteiger partial charge is 0.397 e. The third-order valence-electron chi connectivity index (χ3n) is 4.41. The maximum absolute atomic E-state index is 12.5. The monoisotopic (exact) mass is 422 g/mol. The Morgan fingerprint density at radius 1 is 1.00 bits per heavy atom. The van der Waals surface area contributed by atoms with Crippen molar-refractivity contribution in [1.29, 1.82) is 0 Å². The molecule has 0 aliphatic heterocycles. The van der Waals surface area contributed by atoms with Crippen molar-refractivity contribution in [2.24, 2.45) is 0 Å². The number of anilines is 2. The molecular formula is C22H16Cl2N4O. The van der Waals surface area contributed by atoms with Gasteiger partial charge in [0.25, 0.3) is 5.91 Å². The van der Waals surface area contributed by atoms with Gasteiger partial charge < -0.3 is 16.0 Å². The minimum absolute atomic E-state index is 0.274. The maximum Gasteiger partial charge on any atom is 0.255 e. The van der Waals surface area contributed by atoms with Crippen molar-refractivity contribution in [3.63, 3.8) is 0 Å². The molecule has 3 aromatic carbocycles. The van der Waals surface area contributed by atoms with Crippen molar-refractivity contribution >= 4 is 40.5 Å². The third kappa shape index (κ3) is 4.11. The lowest BCUT2D eigenvalue weighted by molar-refractivity contribution is 0.102. The van der Waals surface area contributed by atoms with Crippen LogP contribution >= 0.6 is 23.2 Å². The van der Waals surface area contributed by atoms with E-state index < -0.39 is 0 Å². The van der Waals surface area contributed by atoms with Crippen LogP contribution in [0.15, 0.2) is 72.9 Å². The molecule has 7 heteroatoms. The van der Waals surface area contributed by atoms with Crippen LogP contribution in [0.5, 0.6) is 0 Å². The number of H-pyrrole nitrogens is 1. The predicted molar refractivity (Wildman–Crippen MR) is 118 cm³/mol. The average Bonchev–Trinajstić information content (AvgIpc) is 3.21. The first-order valence-electron chi connectivity index (χ1n) is 8.78. The fourth-order valence-electron chi connectivity index (χ4n) is 2.88. The van der Waals surface area contributed by atoms with E-state index in [1.807, 2.05) is 36.4 Å². The lowest BCUT2D eigenvalue weighted by Gasteiger charge is -2.09. The third-order valence-corrected chi connectivity index (χ3v) is 4.98. The highest BCUT2D eigenvalue weighted by atomic mass is 35.5. The van der Waals surface area contributed by atoms with Crippen molar-refractivity contribution in [3.8, 4) is 22.6 Å². The van der Waals surface area contributed by atoms with E-state index in [2.05, 4.69) is 15.3 Å². The summed E-state index contributed by atoms with van der Waals surface area (Å²) in [5.74, 6) is 0.410. The zero-order valence-electron chi connectivity index (χ0n) is 15.1. The number of rotatable bonds is 4. The van der Waals surface area contributed by atoms with Crippen LogP contribution < -0.4 is 11.1 Å². The van der Waals surface area contributed by atoms with Gasteiger partial charge in [0.2, 0.25) is 0 Å². The Balaban J connectivity index is 1.53. The van der Waals surface area contributed by atoms with Gasteiger partial charge in [-0.25, -0.2) is 4.98 Å². The Labute approximate surface area is 177 Å². The molecule has 0 bridgehead atoms. The van der Waals surface area contributed by atoms with Gasteiger partial charge in [0.05, 0.1) is 22.1 Å². The highest BCUT2D eigenvalue weighted by Gasteiger charge is 2.11. The standard InChI is InChI=1S/C22H16Cl2N4O/c23-15-9-10-18(25)19(11-15)28-22(29)14-7-5-13(6-8-14)20-12-26-21(27-20)16-3-1-2-4-17(16)24/h1-12H,25H2,(H,26,27)(H,28,29). The number of benzene rings is 3. The number of nitrogen functional groups attached to an aromatic ring is 1. The van der Waals surface area contributed by atoms with E-state index in [-0.39, 0.29) is 5.91 Å². The zero-order valence-corrected chi connectivity index (χ0v) is 16.6. The van der Waals surface area contributed by atoms with Crippen molar-refractivity contribution in [2.45, 2.75) is 0 Å². The number of imidazole rings is 1. The zero-order chi connectivity index (χ0) is 20.4. The van der Waals surface area contributed by atoms with Gasteiger partial charge in [0.1, 0.15) is 5.82 Å². The Bertz CT molecular complexity index is 1190. The number of aromatic amines is 1. The SMILES string of the molecule is Nc1ccc(Cl)cc1NC(=O)c1ccc(-c2c[nH]c(-c3ccccc3Cl)n2)cc1. The fourth-order valence-corrected chi connectivity index (χ4v) is 3.28. The first kappa shape index (κ1) is 19.1. The summed E-state index contributed by atoms with van der Waals surface area (Å²) in [5, 5.41) is 3.90. The van der Waals surface area contributed by atoms with Crippen LogP contribution in [0, 0.1) is 0 Å². The first-order chi connectivity index (χ1) is 14.0. The minimum atomic E-state index is -0.274. The van der Waals surface area contributed by atoms with Gasteiger partial charge in [0, 0.05) is 27.9 Å². The number of carbonyl (C=O) groups excluding carboxylic acids is 1. The molecule has 0 atom stereocenters. The second-order valence-electron chi connectivity index (χ2n) is 6.38. The maximum atomic E-state index is 12.5. The average molecular weight is 423 g/mol. The first-order valence-corrected chi connectivity index (χ1v) is 9.54. The van der Waals surface area contributed by atoms with Crippen LogP contribution in [-0.2, 0) is 0 Å². The Morgan fingerprint density at radius 2 is 1.76 bits per heavy atom. The van der Waals surface area contributed by atoms with Crippen molar-refractivity contribution < 1.29 is 4.79 Å². The van der Waals surface area contributed by atoms with Crippen LogP contribution in [0.25, 0.3) is 22.6 Å². The molecule has 0 aliphatic rings. The van der Waals surface area contributed by atoms with Gasteiger partial charge in [-0.05, 0) is 42.5 Å². The van der Waals surface area contributed by atoms with Gasteiger partial charge in [0.15, 0.2) is 0 Å². The molecule has 5 nitrogen and oxygen atoms in total. The van der Waals surface area contributed by atoms with Crippen LogP contribution in [0.4, 0.5) is 11.4 Å². The molecule has 1 heterocycles. The molecule has 0 unspecified atom stereocenters. The molecule has 144 valence electrons. The van der Waals surface area contributed by atoms with Gasteiger partial charge in [-0.15, -0.1) is 0 Å². The summed E-state index contributed by atoms with van der Waals surface area (Å²) in [6, 6.07) is 19.6. The second kappa shape index (κ2) is 7.99. The molecular weight excluding hydrogens is 407 g/mol. The number of nitrogens with two attached hydrogens (primary N) is 1. The van der Waals surface area contributed by atoms with Crippen molar-refractivity contribution in [3.05, 3.63) is 88.5 Å². The molecule has 4 N–H and O–H groups in total. The number of hydrogen-bond donors (Lipinski definition) is 3. The molecule has 0 spiro atoms. The Morgan fingerprint density at radius 3 is 2.52 bits per heavy atom. The molecule has 1 aromatic heterocycles. The highest BCUT2D eigenvalue weighted by molar-refractivity contribution is 6.33. The van der Waals surface area contributed by atoms with Crippen molar-refractivity contribution in [1.82, 2.24) is 9.97 Å². The summed E-state index contributed by atoms with van der Waals surface area (Å²) in [6.45, 7) is 0. The summed E-state index contributed by atoms with van der Waals surface area (Å²) < 4.78 is 0. The van der Waals surface area contributed by atoms with E-state index in [1.165, 1.54) is 0 Å². The molecule has 1 amide bonds. The van der Waals surface area contributed by atoms with E-state index in [0.29, 0.717) is 32.8 Å². The normalized spacial score (nSPS) is 10.7. The number of halogens is 2. The predicted octanol–water partition coefficient (Wildman–Crippen LogP) is 5.89. The van der Waals surface area contributed by atoms with Crippen molar-refractivity contribution in [2.75, 3.05) is 11.1 Å². The molecule has 0 saturated heterocycles. The van der Waals surface area contributed by atoms with Crippen LogP contribution in [0.3, 0.4) is 0 Å². The fraction of sp³-hybridized carbons (Fsp3) is 0. The summed E-state index contributed by atoms with van der Waals surface area (Å²) in [4.78, 5) is 20.3. The Kier molecular flexibility index (Phi) is 5.25. The van der Waals surface area contributed by atoms with Gasteiger partial charge in [-0.1, -0.05) is 47.5 Å². The number of amides is 1. The Hall–Kier alpha value is -3.28. The molecule has 29 heavy (non-hydrogen) atoms.